The van der Waals surface area contributed by atoms with Gasteiger partial charge < -0.3 is 11.1 Å². The molecule has 0 aromatic heterocycles. The number of hydrogen-bond acceptors (Lipinski definition) is 2. The fourth-order valence-corrected chi connectivity index (χ4v) is 1.59. The van der Waals surface area contributed by atoms with Crippen LogP contribution in [0, 0.1) is 17.5 Å². The van der Waals surface area contributed by atoms with Gasteiger partial charge in [-0.05, 0) is 17.7 Å². The summed E-state index contributed by atoms with van der Waals surface area (Å²) in [7, 11) is 0. The normalized spacial score (nSPS) is 19.9. The molecular weight excluding hydrogens is 205 g/mol. The minimum Gasteiger partial charge on any atom is -0.386 e. The molecule has 1 atom stereocenters. The Morgan fingerprint density at radius 2 is 1.93 bits per heavy atom. The van der Waals surface area contributed by atoms with E-state index in [-0.39, 0.29) is 11.5 Å². The Hall–Kier alpha value is -1.65. The van der Waals surface area contributed by atoms with E-state index in [1.54, 1.807) is 6.08 Å². The van der Waals surface area contributed by atoms with Crippen LogP contribution in [-0.4, -0.2) is 6.54 Å². The largest absolute Gasteiger partial charge is 0.386 e. The molecule has 1 aliphatic rings. The summed E-state index contributed by atoms with van der Waals surface area (Å²) in [5.41, 5.74) is 5.55. The number of hydrogen-bond donors (Lipinski definition) is 2. The van der Waals surface area contributed by atoms with Gasteiger partial charge in [0, 0.05) is 12.5 Å². The third-order valence-electron chi connectivity index (χ3n) is 2.37. The molecular formula is C10H9F3N2. The van der Waals surface area contributed by atoms with E-state index >= 15 is 0 Å². The highest BCUT2D eigenvalue weighted by Crippen LogP contribution is 2.26. The van der Waals surface area contributed by atoms with E-state index in [0.29, 0.717) is 12.4 Å². The van der Waals surface area contributed by atoms with Crippen molar-refractivity contribution in [3.05, 3.63) is 47.0 Å². The first-order valence-electron chi connectivity index (χ1n) is 4.44. The summed E-state index contributed by atoms with van der Waals surface area (Å²) < 4.78 is 38.9. The van der Waals surface area contributed by atoms with Gasteiger partial charge in [-0.2, -0.15) is 0 Å². The van der Waals surface area contributed by atoms with Crippen LogP contribution in [0.25, 0.3) is 0 Å². The molecule has 0 bridgehead atoms. The molecule has 3 N–H and O–H groups in total. The highest BCUT2D eigenvalue weighted by atomic mass is 19.2. The Bertz CT molecular complexity index is 429. The first-order chi connectivity index (χ1) is 7.09. The van der Waals surface area contributed by atoms with E-state index in [9.17, 15) is 13.2 Å². The lowest BCUT2D eigenvalue weighted by Gasteiger charge is -2.09. The van der Waals surface area contributed by atoms with Crippen LogP contribution in [0.5, 0.6) is 0 Å². The summed E-state index contributed by atoms with van der Waals surface area (Å²) in [5, 5.41) is 2.79. The molecule has 80 valence electrons. The second-order valence-corrected chi connectivity index (χ2v) is 3.37. The maximum atomic E-state index is 13.3. The lowest BCUT2D eigenvalue weighted by molar-refractivity contribution is 0.439. The first-order valence-corrected chi connectivity index (χ1v) is 4.44. The van der Waals surface area contributed by atoms with E-state index in [2.05, 4.69) is 5.32 Å². The molecule has 0 saturated heterocycles. The predicted molar refractivity (Wildman–Crippen MR) is 49.3 cm³/mol. The van der Waals surface area contributed by atoms with Crippen molar-refractivity contribution in [2.45, 2.75) is 5.92 Å². The van der Waals surface area contributed by atoms with Crippen LogP contribution in [0.1, 0.15) is 11.5 Å². The third-order valence-corrected chi connectivity index (χ3v) is 2.37. The molecule has 1 aromatic carbocycles. The average molecular weight is 214 g/mol. The van der Waals surface area contributed by atoms with Gasteiger partial charge in [0.25, 0.3) is 0 Å². The van der Waals surface area contributed by atoms with Crippen molar-refractivity contribution in [3.63, 3.8) is 0 Å². The summed E-state index contributed by atoms with van der Waals surface area (Å²) in [5.74, 6) is -3.69. The molecule has 0 amide bonds. The van der Waals surface area contributed by atoms with Crippen LogP contribution in [0.3, 0.4) is 0 Å². The smallest absolute Gasteiger partial charge is 0.194 e. The molecule has 1 aliphatic heterocycles. The van der Waals surface area contributed by atoms with Gasteiger partial charge in [-0.1, -0.05) is 6.07 Å². The molecule has 5 heteroatoms. The van der Waals surface area contributed by atoms with E-state index in [1.807, 2.05) is 0 Å². The van der Waals surface area contributed by atoms with Gasteiger partial charge in [0.2, 0.25) is 0 Å². The predicted octanol–water partition coefficient (Wildman–Crippen LogP) is 1.59. The molecule has 0 fully saturated rings. The zero-order valence-corrected chi connectivity index (χ0v) is 7.73. The number of nitrogens with two attached hydrogens (primary N) is 1. The van der Waals surface area contributed by atoms with Crippen molar-refractivity contribution in [2.24, 2.45) is 5.73 Å². The summed E-state index contributed by atoms with van der Waals surface area (Å²) in [6.07, 6.45) is 1.58. The maximum Gasteiger partial charge on any atom is 0.194 e. The van der Waals surface area contributed by atoms with Gasteiger partial charge in [-0.25, -0.2) is 13.2 Å². The number of nitrogens with one attached hydrogen (secondary N) is 1. The molecule has 0 spiro atoms. The molecule has 0 radical (unpaired) electrons. The van der Waals surface area contributed by atoms with Crippen molar-refractivity contribution in [3.8, 4) is 0 Å². The van der Waals surface area contributed by atoms with Gasteiger partial charge in [0.05, 0.1) is 5.82 Å². The Morgan fingerprint density at radius 1 is 1.20 bits per heavy atom. The molecule has 2 rings (SSSR count). The van der Waals surface area contributed by atoms with E-state index in [4.69, 9.17) is 5.73 Å². The van der Waals surface area contributed by atoms with Crippen molar-refractivity contribution in [1.29, 1.82) is 0 Å². The minimum atomic E-state index is -1.44. The second kappa shape index (κ2) is 3.49. The van der Waals surface area contributed by atoms with Crippen molar-refractivity contribution >= 4 is 0 Å². The van der Waals surface area contributed by atoms with Crippen LogP contribution >= 0.6 is 0 Å². The molecule has 1 heterocycles. The van der Waals surface area contributed by atoms with Crippen molar-refractivity contribution < 1.29 is 13.2 Å². The van der Waals surface area contributed by atoms with Gasteiger partial charge in [-0.15, -0.1) is 0 Å². The Morgan fingerprint density at radius 3 is 2.53 bits per heavy atom. The fourth-order valence-electron chi connectivity index (χ4n) is 1.59. The lowest BCUT2D eigenvalue weighted by Crippen LogP contribution is -2.16. The molecule has 0 saturated carbocycles. The van der Waals surface area contributed by atoms with Crippen molar-refractivity contribution in [2.75, 3.05) is 6.54 Å². The summed E-state index contributed by atoms with van der Waals surface area (Å²) >= 11 is 0. The summed E-state index contributed by atoms with van der Waals surface area (Å²) in [4.78, 5) is 0. The van der Waals surface area contributed by atoms with Gasteiger partial charge in [-0.3, -0.25) is 0 Å². The molecule has 0 aliphatic carbocycles. The zero-order chi connectivity index (χ0) is 11.0. The van der Waals surface area contributed by atoms with Crippen LogP contribution in [0.4, 0.5) is 13.2 Å². The minimum absolute atomic E-state index is 0.113. The summed E-state index contributed by atoms with van der Waals surface area (Å²) in [6.45, 7) is 0.397. The number of halogens is 3. The molecule has 2 nitrogen and oxygen atoms in total. The average Bonchev–Trinajstić information content (AvgIpc) is 2.61. The first kappa shape index (κ1) is 9.89. The van der Waals surface area contributed by atoms with E-state index in [1.165, 1.54) is 6.07 Å². The quantitative estimate of drug-likeness (QED) is 0.697. The topological polar surface area (TPSA) is 38.0 Å². The van der Waals surface area contributed by atoms with Gasteiger partial charge >= 0.3 is 0 Å². The molecule has 15 heavy (non-hydrogen) atoms. The Kier molecular flexibility index (Phi) is 2.30. The van der Waals surface area contributed by atoms with Gasteiger partial charge in [0.1, 0.15) is 0 Å². The fraction of sp³-hybridized carbons (Fsp3) is 0.200. The van der Waals surface area contributed by atoms with E-state index < -0.39 is 17.5 Å². The van der Waals surface area contributed by atoms with Crippen LogP contribution in [0.15, 0.2) is 24.0 Å². The number of rotatable bonds is 1. The third kappa shape index (κ3) is 1.65. The molecule has 1 unspecified atom stereocenters. The lowest BCUT2D eigenvalue weighted by atomic mass is 9.99. The summed E-state index contributed by atoms with van der Waals surface area (Å²) in [6, 6.07) is 2.14. The van der Waals surface area contributed by atoms with Crippen molar-refractivity contribution in [1.82, 2.24) is 5.32 Å². The maximum absolute atomic E-state index is 13.3. The zero-order valence-electron chi connectivity index (χ0n) is 7.73. The van der Waals surface area contributed by atoms with Gasteiger partial charge in [0.15, 0.2) is 17.5 Å². The van der Waals surface area contributed by atoms with Crippen LogP contribution in [0.2, 0.25) is 0 Å². The standard InChI is InChI=1S/C10H9F3N2/c11-7-2-1-6(9(12)10(7)13)5-3-8(14)15-4-5/h1-3,5,15H,4,14H2. The highest BCUT2D eigenvalue weighted by Gasteiger charge is 2.22. The van der Waals surface area contributed by atoms with Crippen LogP contribution in [-0.2, 0) is 0 Å². The van der Waals surface area contributed by atoms with Crippen LogP contribution < -0.4 is 11.1 Å². The SMILES string of the molecule is NC1=CC(c2ccc(F)c(F)c2F)CN1. The highest BCUT2D eigenvalue weighted by molar-refractivity contribution is 5.30. The Labute approximate surface area is 84.6 Å². The second-order valence-electron chi connectivity index (χ2n) is 3.37. The Balaban J connectivity index is 2.42. The van der Waals surface area contributed by atoms with E-state index in [0.717, 1.165) is 6.07 Å². The molecule has 1 aromatic rings. The monoisotopic (exact) mass is 214 g/mol. The number of benzene rings is 1.